The van der Waals surface area contributed by atoms with Crippen LogP contribution < -0.4 is 19.5 Å². The number of ether oxygens (including phenoxy) is 2. The minimum absolute atomic E-state index is 0.0666. The molecule has 0 spiro atoms. The number of amides is 1. The van der Waals surface area contributed by atoms with Crippen LogP contribution >= 0.6 is 0 Å². The number of alkyl halides is 3. The maximum atomic E-state index is 14.9. The summed E-state index contributed by atoms with van der Waals surface area (Å²) in [7, 11) is 1.35. The molecule has 1 amide bonds. The van der Waals surface area contributed by atoms with Crippen LogP contribution in [0.3, 0.4) is 0 Å². The molecular weight excluding hydrogens is 644 g/mol. The summed E-state index contributed by atoms with van der Waals surface area (Å²) in [6.07, 6.45) is -3.55. The van der Waals surface area contributed by atoms with Gasteiger partial charge in [0, 0.05) is 39.6 Å². The van der Waals surface area contributed by atoms with Crippen molar-refractivity contribution < 1.29 is 46.3 Å². The summed E-state index contributed by atoms with van der Waals surface area (Å²) < 4.78 is 84.4. The van der Waals surface area contributed by atoms with Gasteiger partial charge in [-0.2, -0.15) is 13.2 Å². The van der Waals surface area contributed by atoms with Crippen molar-refractivity contribution in [3.8, 4) is 22.8 Å². The van der Waals surface area contributed by atoms with Crippen LogP contribution in [-0.2, 0) is 27.3 Å². The van der Waals surface area contributed by atoms with Crippen LogP contribution in [-0.4, -0.2) is 63.0 Å². The molecule has 10 nitrogen and oxygen atoms in total. The van der Waals surface area contributed by atoms with Crippen molar-refractivity contribution in [1.82, 2.24) is 20.0 Å². The lowest BCUT2D eigenvalue weighted by Gasteiger charge is -2.32. The van der Waals surface area contributed by atoms with Gasteiger partial charge in [0.05, 0.1) is 19.3 Å². The number of fused-ring (bicyclic) bond motifs is 2. The average molecular weight is 675 g/mol. The van der Waals surface area contributed by atoms with Crippen LogP contribution in [0.15, 0.2) is 60.8 Å². The maximum Gasteiger partial charge on any atom is 0.424 e. The van der Waals surface area contributed by atoms with Gasteiger partial charge in [0.2, 0.25) is 5.60 Å². The van der Waals surface area contributed by atoms with Gasteiger partial charge < -0.3 is 29.2 Å². The van der Waals surface area contributed by atoms with E-state index in [1.54, 1.807) is 32.9 Å². The highest BCUT2D eigenvalue weighted by molar-refractivity contribution is 7.90. The molecule has 0 aliphatic carbocycles. The lowest BCUT2D eigenvalue weighted by atomic mass is 9.89. The van der Waals surface area contributed by atoms with E-state index < -0.39 is 64.0 Å². The summed E-state index contributed by atoms with van der Waals surface area (Å²) in [5.41, 5.74) is -6.68. The number of nitrogens with zero attached hydrogens (tertiary/aromatic N) is 2. The fourth-order valence-corrected chi connectivity index (χ4v) is 5.76. The van der Waals surface area contributed by atoms with E-state index in [0.717, 1.165) is 18.2 Å². The van der Waals surface area contributed by atoms with E-state index in [1.807, 2.05) is 0 Å². The van der Waals surface area contributed by atoms with Crippen LogP contribution in [0.4, 0.5) is 17.6 Å². The molecule has 3 atom stereocenters. The van der Waals surface area contributed by atoms with E-state index in [9.17, 15) is 36.8 Å². The Kier molecular flexibility index (Phi) is 8.96. The summed E-state index contributed by atoms with van der Waals surface area (Å²) in [5, 5.41) is 14.0. The molecule has 1 aliphatic heterocycles. The first kappa shape index (κ1) is 34.0. The van der Waals surface area contributed by atoms with Gasteiger partial charge in [-0.3, -0.25) is 9.78 Å². The number of rotatable bonds is 9. The summed E-state index contributed by atoms with van der Waals surface area (Å²) in [4.78, 5) is 34.1. The third kappa shape index (κ3) is 6.35. The number of methoxy groups -OCH3 is 1. The van der Waals surface area contributed by atoms with Gasteiger partial charge in [-0.25, -0.2) is 9.37 Å². The van der Waals surface area contributed by atoms with E-state index in [2.05, 4.69) is 20.0 Å². The van der Waals surface area contributed by atoms with Crippen LogP contribution in [0.1, 0.15) is 42.4 Å². The number of carbonyl (C=O) groups excluding carboxylic acids is 2. The van der Waals surface area contributed by atoms with Gasteiger partial charge in [-0.1, -0.05) is 6.07 Å². The van der Waals surface area contributed by atoms with E-state index in [-0.39, 0.29) is 33.9 Å². The van der Waals surface area contributed by atoms with Crippen molar-refractivity contribution in [3.63, 3.8) is 0 Å². The zero-order valence-corrected chi connectivity index (χ0v) is 26.4. The van der Waals surface area contributed by atoms with Gasteiger partial charge in [0.25, 0.3) is 5.91 Å². The van der Waals surface area contributed by atoms with Gasteiger partial charge >= 0.3 is 6.18 Å². The predicted octanol–water partition coefficient (Wildman–Crippen LogP) is 4.46. The van der Waals surface area contributed by atoms with E-state index in [0.29, 0.717) is 17.2 Å². The Balaban J connectivity index is 1.62. The molecule has 0 fully saturated rings. The Hall–Kier alpha value is -4.31. The number of carbonyl (C=O) groups is 2. The second kappa shape index (κ2) is 12.4. The van der Waals surface area contributed by atoms with Gasteiger partial charge in [-0.05, 0) is 69.3 Å². The average Bonchev–Trinajstić information content (AvgIpc) is 3.40. The topological polar surface area (TPSA) is 146 Å². The third-order valence-corrected chi connectivity index (χ3v) is 9.26. The number of nitrogens with one attached hydrogen (secondary N) is 2. The normalized spacial score (nSPS) is 18.2. The summed E-state index contributed by atoms with van der Waals surface area (Å²) in [6.45, 7) is 3.01. The van der Waals surface area contributed by atoms with Gasteiger partial charge in [0.1, 0.15) is 34.1 Å². The number of hydrogen-bond acceptors (Lipinski definition) is 9. The number of hydrogen-bond donors (Lipinski definition) is 3. The number of aromatic nitrogens is 2. The minimum Gasteiger partial charge on any atom is -0.598 e. The predicted molar refractivity (Wildman–Crippen MR) is 164 cm³/mol. The standard InChI is InChI=1S/C32H30F4N4O6S/c1-29(2,3)47(44)40-30(16-41)17-46-27-22(30)14-24(39-26(27)18-7-9-21(33)10-8-18)31(43,32(34,35)36)15-38-28(42)20-12-19-6-5-11-37-25(19)23(13-20)45-4/h5-14,16,40,43H,15,17H2,1-4H3,(H,38,42). The quantitative estimate of drug-likeness (QED) is 0.133. The molecule has 2 aromatic carbocycles. The molecule has 47 heavy (non-hydrogen) atoms. The van der Waals surface area contributed by atoms with Crippen LogP contribution in [0.25, 0.3) is 22.2 Å². The van der Waals surface area contributed by atoms with Crippen molar-refractivity contribution in [1.29, 1.82) is 0 Å². The summed E-state index contributed by atoms with van der Waals surface area (Å²) >= 11 is -1.90. The molecule has 3 unspecified atom stereocenters. The van der Waals surface area contributed by atoms with Crippen LogP contribution in [0.5, 0.6) is 11.5 Å². The smallest absolute Gasteiger partial charge is 0.424 e. The zero-order chi connectivity index (χ0) is 34.4. The molecule has 4 aromatic rings. The van der Waals surface area contributed by atoms with Crippen LogP contribution in [0, 0.1) is 5.82 Å². The molecule has 0 radical (unpaired) electrons. The highest BCUT2D eigenvalue weighted by Crippen LogP contribution is 2.47. The molecular formula is C32H30F4N4O6S. The fourth-order valence-electron chi connectivity index (χ4n) is 4.91. The first-order valence-corrected chi connectivity index (χ1v) is 15.3. The zero-order valence-electron chi connectivity index (χ0n) is 25.6. The summed E-state index contributed by atoms with van der Waals surface area (Å²) in [6, 6.07) is 11.4. The van der Waals surface area contributed by atoms with E-state index in [4.69, 9.17) is 9.47 Å². The Labute approximate surface area is 269 Å². The number of benzene rings is 2. The first-order chi connectivity index (χ1) is 22.0. The molecule has 0 bridgehead atoms. The number of pyridine rings is 2. The largest absolute Gasteiger partial charge is 0.598 e. The fraction of sp³-hybridized carbons (Fsp3) is 0.312. The summed E-state index contributed by atoms with van der Waals surface area (Å²) in [5.74, 6) is -1.53. The lowest BCUT2D eigenvalue weighted by molar-refractivity contribution is -0.265. The molecule has 1 aliphatic rings. The van der Waals surface area contributed by atoms with Crippen molar-refractivity contribution in [3.05, 3.63) is 83.4 Å². The molecule has 0 saturated carbocycles. The van der Waals surface area contributed by atoms with Crippen LogP contribution in [0.2, 0.25) is 0 Å². The van der Waals surface area contributed by atoms with Crippen molar-refractivity contribution in [2.24, 2.45) is 0 Å². The Morgan fingerprint density at radius 3 is 2.49 bits per heavy atom. The highest BCUT2D eigenvalue weighted by atomic mass is 32.2. The monoisotopic (exact) mass is 674 g/mol. The Morgan fingerprint density at radius 1 is 1.17 bits per heavy atom. The second-order valence-corrected chi connectivity index (χ2v) is 13.9. The molecule has 3 heterocycles. The van der Waals surface area contributed by atoms with Crippen molar-refractivity contribution >= 4 is 34.5 Å². The molecule has 0 saturated heterocycles. The minimum atomic E-state index is -5.42. The number of aliphatic hydroxyl groups is 1. The SMILES string of the molecule is COc1cc(C(=O)NCC(O)(c2cc3c(c(-c4ccc(F)cc4)n2)OCC3(C=O)N[S+]([O-])C(C)(C)C)C(F)(F)F)cc2cccnc12. The first-order valence-electron chi connectivity index (χ1n) is 14.1. The molecule has 248 valence electrons. The van der Waals surface area contributed by atoms with Crippen molar-refractivity contribution in [2.45, 2.75) is 42.8 Å². The molecule has 3 N–H and O–H groups in total. The van der Waals surface area contributed by atoms with E-state index in [1.165, 1.54) is 37.6 Å². The number of aldehydes is 1. The maximum absolute atomic E-state index is 14.9. The third-order valence-electron chi connectivity index (χ3n) is 7.60. The second-order valence-electron chi connectivity index (χ2n) is 11.9. The number of halogens is 4. The Morgan fingerprint density at radius 2 is 1.87 bits per heavy atom. The molecule has 5 rings (SSSR count). The van der Waals surface area contributed by atoms with E-state index >= 15 is 0 Å². The molecule has 2 aromatic heterocycles. The van der Waals surface area contributed by atoms with Crippen molar-refractivity contribution in [2.75, 3.05) is 20.3 Å². The Bertz CT molecular complexity index is 1840. The highest BCUT2D eigenvalue weighted by Gasteiger charge is 2.58. The lowest BCUT2D eigenvalue weighted by Crippen LogP contribution is -2.54. The van der Waals surface area contributed by atoms with Gasteiger partial charge in [-0.15, -0.1) is 4.72 Å². The molecule has 15 heteroatoms. The van der Waals surface area contributed by atoms with Gasteiger partial charge in [0.15, 0.2) is 17.6 Å².